The first-order valence-corrected chi connectivity index (χ1v) is 10.0. The zero-order valence-electron chi connectivity index (χ0n) is 17.1. The minimum atomic E-state index is -1.05. The van der Waals surface area contributed by atoms with Crippen molar-refractivity contribution >= 4 is 23.7 Å². The van der Waals surface area contributed by atoms with Crippen molar-refractivity contribution in [3.05, 3.63) is 42.0 Å². The van der Waals surface area contributed by atoms with Crippen LogP contribution in [0.5, 0.6) is 5.75 Å². The molecule has 0 saturated carbocycles. The van der Waals surface area contributed by atoms with E-state index in [-0.39, 0.29) is 11.8 Å². The summed E-state index contributed by atoms with van der Waals surface area (Å²) >= 11 is 0. The number of likely N-dealkylation sites (tertiary alicyclic amines) is 1. The zero-order chi connectivity index (χ0) is 21.7. The van der Waals surface area contributed by atoms with Crippen LogP contribution in [-0.2, 0) is 30.3 Å². The van der Waals surface area contributed by atoms with Crippen LogP contribution in [0.3, 0.4) is 0 Å². The number of nitrogens with one attached hydrogen (secondary N) is 1. The molecule has 3 atom stereocenters. The highest BCUT2D eigenvalue weighted by Gasteiger charge is 2.50. The van der Waals surface area contributed by atoms with Gasteiger partial charge in [-0.25, -0.2) is 4.79 Å². The summed E-state index contributed by atoms with van der Waals surface area (Å²) in [5.41, 5.74) is 1.03. The predicted octanol–water partition coefficient (Wildman–Crippen LogP) is 1.24. The molecular formula is C22H26N2O6. The van der Waals surface area contributed by atoms with E-state index in [2.05, 4.69) is 5.32 Å². The maximum Gasteiger partial charge on any atom is 0.329 e. The maximum absolute atomic E-state index is 12.5. The number of benzene rings is 1. The second-order valence-electron chi connectivity index (χ2n) is 7.43. The Bertz CT molecular complexity index is 822. The van der Waals surface area contributed by atoms with Crippen molar-refractivity contribution < 1.29 is 28.7 Å². The number of imide groups is 1. The number of nitrogens with zero attached hydrogens (tertiary/aromatic N) is 1. The van der Waals surface area contributed by atoms with Gasteiger partial charge in [0.1, 0.15) is 11.8 Å². The van der Waals surface area contributed by atoms with Gasteiger partial charge in [-0.3, -0.25) is 19.3 Å². The lowest BCUT2D eigenvalue weighted by Crippen LogP contribution is -2.45. The first-order valence-electron chi connectivity index (χ1n) is 10.0. The third kappa shape index (κ3) is 4.69. The third-order valence-corrected chi connectivity index (χ3v) is 5.51. The fraction of sp³-hybridized carbons (Fsp3) is 0.455. The molecule has 30 heavy (non-hydrogen) atoms. The molecule has 1 aliphatic heterocycles. The van der Waals surface area contributed by atoms with Gasteiger partial charge in [0, 0.05) is 6.54 Å². The molecule has 1 aromatic carbocycles. The minimum Gasteiger partial charge on any atom is -0.497 e. The van der Waals surface area contributed by atoms with E-state index in [1.54, 1.807) is 7.11 Å². The Morgan fingerprint density at radius 1 is 1.10 bits per heavy atom. The lowest BCUT2D eigenvalue weighted by molar-refractivity contribution is -0.159. The van der Waals surface area contributed by atoms with E-state index in [1.165, 1.54) is 6.92 Å². The van der Waals surface area contributed by atoms with Crippen LogP contribution in [-0.4, -0.2) is 54.9 Å². The maximum atomic E-state index is 12.5. The first-order chi connectivity index (χ1) is 14.4. The van der Waals surface area contributed by atoms with E-state index >= 15 is 0 Å². The van der Waals surface area contributed by atoms with E-state index in [9.17, 15) is 19.2 Å². The van der Waals surface area contributed by atoms with Crippen molar-refractivity contribution in [1.82, 2.24) is 10.2 Å². The minimum absolute atomic E-state index is 0.345. The van der Waals surface area contributed by atoms with E-state index in [0.717, 1.165) is 16.2 Å². The quantitative estimate of drug-likeness (QED) is 0.390. The van der Waals surface area contributed by atoms with Gasteiger partial charge in [0.2, 0.25) is 11.8 Å². The number of hydrogen-bond donors (Lipinski definition) is 1. The lowest BCUT2D eigenvalue weighted by atomic mass is 9.85. The Labute approximate surface area is 175 Å². The molecule has 0 aromatic heterocycles. The van der Waals surface area contributed by atoms with Gasteiger partial charge in [0.05, 0.1) is 18.9 Å². The Balaban J connectivity index is 1.42. The average molecular weight is 414 g/mol. The summed E-state index contributed by atoms with van der Waals surface area (Å²) in [6.07, 6.45) is 5.39. The zero-order valence-corrected chi connectivity index (χ0v) is 17.1. The number of methoxy groups -OCH3 is 1. The highest BCUT2D eigenvalue weighted by Crippen LogP contribution is 2.36. The fourth-order valence-corrected chi connectivity index (χ4v) is 3.76. The summed E-state index contributed by atoms with van der Waals surface area (Å²) < 4.78 is 10.1. The van der Waals surface area contributed by atoms with Gasteiger partial charge >= 0.3 is 5.97 Å². The molecule has 1 fully saturated rings. The van der Waals surface area contributed by atoms with E-state index in [1.807, 2.05) is 36.4 Å². The number of fused-ring (bicyclic) bond motifs is 1. The van der Waals surface area contributed by atoms with Crippen LogP contribution in [0.25, 0.3) is 0 Å². The number of rotatable bonds is 8. The van der Waals surface area contributed by atoms with Gasteiger partial charge in [-0.1, -0.05) is 24.3 Å². The summed E-state index contributed by atoms with van der Waals surface area (Å²) in [6, 6.07) is 6.44. The van der Waals surface area contributed by atoms with Gasteiger partial charge in [0.15, 0.2) is 6.61 Å². The van der Waals surface area contributed by atoms with Gasteiger partial charge in [-0.2, -0.15) is 0 Å². The third-order valence-electron chi connectivity index (χ3n) is 5.51. The van der Waals surface area contributed by atoms with E-state index in [0.29, 0.717) is 25.8 Å². The number of hydrogen-bond acceptors (Lipinski definition) is 6. The molecule has 8 nitrogen and oxygen atoms in total. The summed E-state index contributed by atoms with van der Waals surface area (Å²) in [5, 5.41) is 2.68. The van der Waals surface area contributed by atoms with Crippen LogP contribution in [0.4, 0.5) is 0 Å². The van der Waals surface area contributed by atoms with Crippen molar-refractivity contribution in [2.45, 2.75) is 32.2 Å². The normalized spacial score (nSPS) is 21.2. The van der Waals surface area contributed by atoms with Crippen molar-refractivity contribution in [3.63, 3.8) is 0 Å². The van der Waals surface area contributed by atoms with Crippen LogP contribution in [0.2, 0.25) is 0 Å². The monoisotopic (exact) mass is 414 g/mol. The molecule has 160 valence electrons. The molecule has 0 spiro atoms. The molecule has 2 aliphatic rings. The van der Waals surface area contributed by atoms with Crippen molar-refractivity contribution in [3.8, 4) is 5.75 Å². The van der Waals surface area contributed by atoms with Crippen LogP contribution in [0.1, 0.15) is 25.3 Å². The summed E-state index contributed by atoms with van der Waals surface area (Å²) in [7, 11) is 1.59. The fourth-order valence-electron chi connectivity index (χ4n) is 3.76. The highest BCUT2D eigenvalue weighted by molar-refractivity contribution is 6.08. The van der Waals surface area contributed by atoms with Gasteiger partial charge in [0.25, 0.3) is 5.91 Å². The van der Waals surface area contributed by atoms with Crippen molar-refractivity contribution in [2.24, 2.45) is 11.8 Å². The van der Waals surface area contributed by atoms with E-state index < -0.39 is 36.4 Å². The van der Waals surface area contributed by atoms with Crippen LogP contribution in [0, 0.1) is 11.8 Å². The SMILES string of the molecule is COc1ccc(CCNC(=O)COC(=O)[C@H](C)N2C(=O)[C@@H]3CC=CC[C@H]3C2=O)cc1. The molecule has 3 rings (SSSR count). The van der Waals surface area contributed by atoms with E-state index in [4.69, 9.17) is 9.47 Å². The number of ether oxygens (including phenoxy) is 2. The second kappa shape index (κ2) is 9.56. The molecule has 0 unspecified atom stereocenters. The number of allylic oxidation sites excluding steroid dienone is 2. The molecule has 1 heterocycles. The molecule has 1 saturated heterocycles. The second-order valence-corrected chi connectivity index (χ2v) is 7.43. The van der Waals surface area contributed by atoms with Gasteiger partial charge < -0.3 is 14.8 Å². The average Bonchev–Trinajstić information content (AvgIpc) is 3.02. The van der Waals surface area contributed by atoms with Crippen LogP contribution < -0.4 is 10.1 Å². The van der Waals surface area contributed by atoms with Gasteiger partial charge in [-0.15, -0.1) is 0 Å². The van der Waals surface area contributed by atoms with Crippen molar-refractivity contribution in [1.29, 1.82) is 0 Å². The summed E-state index contributed by atoms with van der Waals surface area (Å²) in [6.45, 7) is 1.37. The molecule has 3 amide bonds. The topological polar surface area (TPSA) is 102 Å². The summed E-state index contributed by atoms with van der Waals surface area (Å²) in [4.78, 5) is 50.3. The standard InChI is InChI=1S/C22H26N2O6/c1-14(24-20(26)17-5-3-4-6-18(17)21(24)27)22(28)30-13-19(25)23-12-11-15-7-9-16(29-2)10-8-15/h3-4,7-10,14,17-18H,5-6,11-13H2,1-2H3,(H,23,25)/t14-,17+,18+/m0/s1. The predicted molar refractivity (Wildman–Crippen MR) is 107 cm³/mol. The molecular weight excluding hydrogens is 388 g/mol. The Hall–Kier alpha value is -3.16. The van der Waals surface area contributed by atoms with Crippen molar-refractivity contribution in [2.75, 3.05) is 20.3 Å². The summed E-state index contributed by atoms with van der Waals surface area (Å²) in [5.74, 6) is -1.95. The lowest BCUT2D eigenvalue weighted by Gasteiger charge is -2.21. The smallest absolute Gasteiger partial charge is 0.329 e. The van der Waals surface area contributed by atoms with Crippen LogP contribution in [0.15, 0.2) is 36.4 Å². The Morgan fingerprint density at radius 3 is 2.27 bits per heavy atom. The molecule has 1 N–H and O–H groups in total. The molecule has 1 aliphatic carbocycles. The number of carbonyl (C=O) groups is 4. The Morgan fingerprint density at radius 2 is 1.70 bits per heavy atom. The first kappa shape index (κ1) is 21.5. The van der Waals surface area contributed by atoms with Crippen LogP contribution >= 0.6 is 0 Å². The number of esters is 1. The Kier molecular flexibility index (Phi) is 6.87. The molecule has 0 bridgehead atoms. The molecule has 0 radical (unpaired) electrons. The van der Waals surface area contributed by atoms with Gasteiger partial charge in [-0.05, 0) is 43.9 Å². The highest BCUT2D eigenvalue weighted by atomic mass is 16.5. The molecule has 8 heteroatoms. The number of carbonyl (C=O) groups excluding carboxylic acids is 4. The number of amides is 3. The largest absolute Gasteiger partial charge is 0.497 e. The molecule has 1 aromatic rings.